The molecule has 0 saturated heterocycles. The highest BCUT2D eigenvalue weighted by Gasteiger charge is 2.25. The second-order valence-electron chi connectivity index (χ2n) is 6.48. The first kappa shape index (κ1) is 17.0. The van der Waals surface area contributed by atoms with Gasteiger partial charge in [-0.3, -0.25) is 0 Å². The number of hydrogen-bond acceptors (Lipinski definition) is 2. The van der Waals surface area contributed by atoms with Crippen molar-refractivity contribution in [1.82, 2.24) is 4.90 Å². The molecule has 0 aromatic rings. The fourth-order valence-electron chi connectivity index (χ4n) is 3.43. The summed E-state index contributed by atoms with van der Waals surface area (Å²) in [5.74, 6) is 0.905. The standard InChI is InChI=1S/C17H36N2/c1-4-7-8-15(6-3)14-19(13-5-2)17-11-9-16(18)10-12-17/h15-17H,4-14,18H2,1-3H3. The number of unbranched alkanes of at least 4 members (excludes halogenated alkanes) is 1. The Labute approximate surface area is 121 Å². The van der Waals surface area contributed by atoms with E-state index in [1.165, 1.54) is 70.9 Å². The van der Waals surface area contributed by atoms with Crippen molar-refractivity contribution >= 4 is 0 Å². The van der Waals surface area contributed by atoms with Crippen LogP contribution in [0.1, 0.15) is 78.6 Å². The molecule has 1 rings (SSSR count). The van der Waals surface area contributed by atoms with Crippen LogP contribution in [-0.2, 0) is 0 Å². The average Bonchev–Trinajstić information content (AvgIpc) is 2.43. The van der Waals surface area contributed by atoms with E-state index in [-0.39, 0.29) is 0 Å². The molecule has 1 unspecified atom stereocenters. The highest BCUT2D eigenvalue weighted by atomic mass is 15.2. The van der Waals surface area contributed by atoms with Crippen molar-refractivity contribution < 1.29 is 0 Å². The minimum absolute atomic E-state index is 0.474. The van der Waals surface area contributed by atoms with Gasteiger partial charge in [0.25, 0.3) is 0 Å². The van der Waals surface area contributed by atoms with Gasteiger partial charge in [-0.1, -0.05) is 40.0 Å². The molecule has 0 aliphatic heterocycles. The topological polar surface area (TPSA) is 29.3 Å². The predicted octanol–water partition coefficient (Wildman–Crippen LogP) is 4.18. The molecule has 0 amide bonds. The molecule has 114 valence electrons. The van der Waals surface area contributed by atoms with E-state index in [1.807, 2.05) is 0 Å². The van der Waals surface area contributed by atoms with E-state index in [0.717, 1.165) is 12.0 Å². The van der Waals surface area contributed by atoms with E-state index in [2.05, 4.69) is 25.7 Å². The fraction of sp³-hybridized carbons (Fsp3) is 1.00. The van der Waals surface area contributed by atoms with Crippen molar-refractivity contribution in [3.8, 4) is 0 Å². The molecule has 0 bridgehead atoms. The molecule has 1 fully saturated rings. The lowest BCUT2D eigenvalue weighted by molar-refractivity contribution is 0.123. The molecule has 1 aliphatic rings. The molecule has 1 aliphatic carbocycles. The summed E-state index contributed by atoms with van der Waals surface area (Å²) in [6, 6.07) is 1.29. The van der Waals surface area contributed by atoms with Crippen LogP contribution in [0.25, 0.3) is 0 Å². The Bertz CT molecular complexity index is 209. The second kappa shape index (κ2) is 9.77. The summed E-state index contributed by atoms with van der Waals surface area (Å²) < 4.78 is 0. The fourth-order valence-corrected chi connectivity index (χ4v) is 3.43. The molecule has 0 aromatic carbocycles. The third-order valence-electron chi connectivity index (χ3n) is 4.80. The third kappa shape index (κ3) is 6.27. The largest absolute Gasteiger partial charge is 0.328 e. The normalized spacial score (nSPS) is 25.7. The first-order chi connectivity index (χ1) is 9.21. The summed E-state index contributed by atoms with van der Waals surface area (Å²) in [7, 11) is 0. The Morgan fingerprint density at radius 2 is 1.74 bits per heavy atom. The molecular weight excluding hydrogens is 232 g/mol. The van der Waals surface area contributed by atoms with Gasteiger partial charge in [0.15, 0.2) is 0 Å². The molecule has 2 nitrogen and oxygen atoms in total. The highest BCUT2D eigenvalue weighted by molar-refractivity contribution is 4.82. The molecule has 1 atom stereocenters. The zero-order valence-corrected chi connectivity index (χ0v) is 13.5. The minimum Gasteiger partial charge on any atom is -0.328 e. The van der Waals surface area contributed by atoms with Crippen LogP contribution < -0.4 is 5.73 Å². The summed E-state index contributed by atoms with van der Waals surface area (Å²) >= 11 is 0. The van der Waals surface area contributed by atoms with Crippen molar-refractivity contribution in [3.63, 3.8) is 0 Å². The van der Waals surface area contributed by atoms with Gasteiger partial charge >= 0.3 is 0 Å². The van der Waals surface area contributed by atoms with E-state index in [0.29, 0.717) is 6.04 Å². The molecule has 0 radical (unpaired) electrons. The van der Waals surface area contributed by atoms with Gasteiger partial charge in [0.2, 0.25) is 0 Å². The molecular formula is C17H36N2. The molecule has 0 heterocycles. The summed E-state index contributed by atoms with van der Waals surface area (Å²) in [4.78, 5) is 2.79. The lowest BCUT2D eigenvalue weighted by Gasteiger charge is -2.38. The SMILES string of the molecule is CCCCC(CC)CN(CCC)C1CCC(N)CC1. The van der Waals surface area contributed by atoms with E-state index in [1.54, 1.807) is 0 Å². The Balaban J connectivity index is 2.45. The van der Waals surface area contributed by atoms with Crippen LogP contribution in [0.5, 0.6) is 0 Å². The average molecular weight is 268 g/mol. The Morgan fingerprint density at radius 1 is 1.05 bits per heavy atom. The molecule has 19 heavy (non-hydrogen) atoms. The summed E-state index contributed by atoms with van der Waals surface area (Å²) in [6.45, 7) is 9.58. The molecule has 0 spiro atoms. The van der Waals surface area contributed by atoms with Crippen molar-refractivity contribution in [1.29, 1.82) is 0 Å². The van der Waals surface area contributed by atoms with Crippen LogP contribution >= 0.6 is 0 Å². The van der Waals surface area contributed by atoms with E-state index in [9.17, 15) is 0 Å². The van der Waals surface area contributed by atoms with Gasteiger partial charge in [-0.15, -0.1) is 0 Å². The smallest absolute Gasteiger partial charge is 0.00965 e. The van der Waals surface area contributed by atoms with Crippen LogP contribution in [0.15, 0.2) is 0 Å². The highest BCUT2D eigenvalue weighted by Crippen LogP contribution is 2.25. The van der Waals surface area contributed by atoms with Crippen LogP contribution in [0.3, 0.4) is 0 Å². The van der Waals surface area contributed by atoms with Gasteiger partial charge in [-0.2, -0.15) is 0 Å². The quantitative estimate of drug-likeness (QED) is 0.679. The maximum absolute atomic E-state index is 6.05. The van der Waals surface area contributed by atoms with Gasteiger partial charge in [-0.05, 0) is 51.0 Å². The molecule has 1 saturated carbocycles. The minimum atomic E-state index is 0.474. The van der Waals surface area contributed by atoms with Crippen molar-refractivity contribution in [2.45, 2.75) is 90.6 Å². The lowest BCUT2D eigenvalue weighted by Crippen LogP contribution is -2.43. The summed E-state index contributed by atoms with van der Waals surface area (Å²) in [6.07, 6.45) is 11.9. The zero-order chi connectivity index (χ0) is 14.1. The summed E-state index contributed by atoms with van der Waals surface area (Å²) in [5, 5.41) is 0. The van der Waals surface area contributed by atoms with E-state index >= 15 is 0 Å². The number of hydrogen-bond donors (Lipinski definition) is 1. The first-order valence-corrected chi connectivity index (χ1v) is 8.70. The van der Waals surface area contributed by atoms with Crippen molar-refractivity contribution in [2.24, 2.45) is 11.7 Å². The monoisotopic (exact) mass is 268 g/mol. The van der Waals surface area contributed by atoms with Crippen LogP contribution in [0, 0.1) is 5.92 Å². The van der Waals surface area contributed by atoms with Gasteiger partial charge in [-0.25, -0.2) is 0 Å². The van der Waals surface area contributed by atoms with Gasteiger partial charge in [0.1, 0.15) is 0 Å². The first-order valence-electron chi connectivity index (χ1n) is 8.70. The molecule has 2 N–H and O–H groups in total. The van der Waals surface area contributed by atoms with Gasteiger partial charge in [0, 0.05) is 18.6 Å². The number of rotatable bonds is 9. The van der Waals surface area contributed by atoms with Crippen LogP contribution in [0.2, 0.25) is 0 Å². The zero-order valence-electron chi connectivity index (χ0n) is 13.5. The van der Waals surface area contributed by atoms with Crippen molar-refractivity contribution in [3.05, 3.63) is 0 Å². The Morgan fingerprint density at radius 3 is 2.26 bits per heavy atom. The third-order valence-corrected chi connectivity index (χ3v) is 4.80. The van der Waals surface area contributed by atoms with Crippen LogP contribution in [-0.4, -0.2) is 30.1 Å². The second-order valence-corrected chi connectivity index (χ2v) is 6.48. The maximum Gasteiger partial charge on any atom is 0.00965 e. The number of nitrogens with zero attached hydrogens (tertiary/aromatic N) is 1. The Kier molecular flexibility index (Phi) is 8.72. The van der Waals surface area contributed by atoms with Crippen molar-refractivity contribution in [2.75, 3.05) is 13.1 Å². The molecule has 2 heteroatoms. The Hall–Kier alpha value is -0.0800. The lowest BCUT2D eigenvalue weighted by atomic mass is 9.89. The van der Waals surface area contributed by atoms with Crippen LogP contribution in [0.4, 0.5) is 0 Å². The maximum atomic E-state index is 6.05. The number of nitrogens with two attached hydrogens (primary N) is 1. The van der Waals surface area contributed by atoms with Gasteiger partial charge < -0.3 is 10.6 Å². The van der Waals surface area contributed by atoms with E-state index in [4.69, 9.17) is 5.73 Å². The molecule has 0 aromatic heterocycles. The summed E-state index contributed by atoms with van der Waals surface area (Å²) in [5.41, 5.74) is 6.05. The van der Waals surface area contributed by atoms with Gasteiger partial charge in [0.05, 0.1) is 0 Å². The predicted molar refractivity (Wildman–Crippen MR) is 85.4 cm³/mol. The van der Waals surface area contributed by atoms with E-state index < -0.39 is 0 Å².